The zero-order valence-corrected chi connectivity index (χ0v) is 9.49. The highest BCUT2D eigenvalue weighted by molar-refractivity contribution is 5.14. The average molecular weight is 204 g/mol. The fraction of sp³-hybridized carbons (Fsp3) is 0.571. The zero-order valence-electron chi connectivity index (χ0n) is 9.49. The van der Waals surface area contributed by atoms with E-state index in [1.165, 1.54) is 24.8 Å². The van der Waals surface area contributed by atoms with Gasteiger partial charge in [-0.2, -0.15) is 0 Å². The second-order valence-corrected chi connectivity index (χ2v) is 4.52. The Hall–Kier alpha value is -0.820. The van der Waals surface area contributed by atoms with Gasteiger partial charge in [0.05, 0.1) is 12.2 Å². The van der Waals surface area contributed by atoms with Gasteiger partial charge >= 0.3 is 0 Å². The summed E-state index contributed by atoms with van der Waals surface area (Å²) in [6, 6.07) is 10.7. The molecule has 0 aromatic heterocycles. The van der Waals surface area contributed by atoms with Crippen molar-refractivity contribution in [1.82, 2.24) is 0 Å². The lowest BCUT2D eigenvalue weighted by Crippen LogP contribution is -2.26. The molecule has 0 aliphatic heterocycles. The molecule has 15 heavy (non-hydrogen) atoms. The summed E-state index contributed by atoms with van der Waals surface area (Å²) in [6.45, 7) is 2.20. The molecule has 0 radical (unpaired) electrons. The van der Waals surface area contributed by atoms with Crippen molar-refractivity contribution in [2.24, 2.45) is 0 Å². The summed E-state index contributed by atoms with van der Waals surface area (Å²) in [6.07, 6.45) is 7.16. The molecule has 0 heterocycles. The first kappa shape index (κ1) is 10.7. The first-order valence-corrected chi connectivity index (χ1v) is 6.04. The molecule has 1 saturated carbocycles. The first-order chi connectivity index (χ1) is 7.34. The second-order valence-electron chi connectivity index (χ2n) is 4.52. The standard InChI is InChI=1S/C14H20O/c1-12(15-14-8-5-9-14)10-11-13-6-3-2-4-7-13/h2-4,6-7,12,14H,5,8-11H2,1H3. The van der Waals surface area contributed by atoms with Gasteiger partial charge in [-0.05, 0) is 44.6 Å². The topological polar surface area (TPSA) is 9.23 Å². The lowest BCUT2D eigenvalue weighted by molar-refractivity contribution is -0.0456. The summed E-state index contributed by atoms with van der Waals surface area (Å²) in [5.74, 6) is 0. The van der Waals surface area contributed by atoms with Crippen molar-refractivity contribution in [2.45, 2.75) is 51.2 Å². The lowest BCUT2D eigenvalue weighted by atomic mass is 9.96. The van der Waals surface area contributed by atoms with Gasteiger partial charge in [0.2, 0.25) is 0 Å². The zero-order chi connectivity index (χ0) is 10.5. The molecule has 0 amide bonds. The molecule has 1 unspecified atom stereocenters. The van der Waals surface area contributed by atoms with Crippen molar-refractivity contribution < 1.29 is 4.74 Å². The predicted octanol–water partition coefficient (Wildman–Crippen LogP) is 3.58. The highest BCUT2D eigenvalue weighted by atomic mass is 16.5. The molecule has 0 saturated heterocycles. The Labute approximate surface area is 92.5 Å². The van der Waals surface area contributed by atoms with Crippen LogP contribution in [0.3, 0.4) is 0 Å². The summed E-state index contributed by atoms with van der Waals surface area (Å²) in [5.41, 5.74) is 1.42. The van der Waals surface area contributed by atoms with Crippen LogP contribution in [0.15, 0.2) is 30.3 Å². The summed E-state index contributed by atoms with van der Waals surface area (Å²) in [4.78, 5) is 0. The van der Waals surface area contributed by atoms with Gasteiger partial charge in [-0.1, -0.05) is 30.3 Å². The first-order valence-electron chi connectivity index (χ1n) is 6.04. The van der Waals surface area contributed by atoms with E-state index in [0.29, 0.717) is 12.2 Å². The fourth-order valence-electron chi connectivity index (χ4n) is 1.92. The number of hydrogen-bond acceptors (Lipinski definition) is 1. The maximum absolute atomic E-state index is 5.91. The highest BCUT2D eigenvalue weighted by Crippen LogP contribution is 2.24. The van der Waals surface area contributed by atoms with Crippen LogP contribution < -0.4 is 0 Å². The van der Waals surface area contributed by atoms with E-state index in [1.807, 2.05) is 0 Å². The van der Waals surface area contributed by atoms with Gasteiger partial charge in [0.15, 0.2) is 0 Å². The van der Waals surface area contributed by atoms with Crippen molar-refractivity contribution in [2.75, 3.05) is 0 Å². The van der Waals surface area contributed by atoms with Gasteiger partial charge < -0.3 is 4.74 Å². The third-order valence-electron chi connectivity index (χ3n) is 3.16. The third kappa shape index (κ3) is 3.35. The van der Waals surface area contributed by atoms with Crippen LogP contribution >= 0.6 is 0 Å². The monoisotopic (exact) mass is 204 g/mol. The molecule has 1 aliphatic rings. The van der Waals surface area contributed by atoms with E-state index in [2.05, 4.69) is 37.3 Å². The SMILES string of the molecule is CC(CCc1ccccc1)OC1CCC1. The number of rotatable bonds is 5. The number of hydrogen-bond donors (Lipinski definition) is 0. The largest absolute Gasteiger partial charge is 0.375 e. The van der Waals surface area contributed by atoms with Crippen molar-refractivity contribution >= 4 is 0 Å². The van der Waals surface area contributed by atoms with Crippen LogP contribution in [0.25, 0.3) is 0 Å². The summed E-state index contributed by atoms with van der Waals surface area (Å²) >= 11 is 0. The van der Waals surface area contributed by atoms with Gasteiger partial charge in [-0.15, -0.1) is 0 Å². The van der Waals surface area contributed by atoms with Gasteiger partial charge in [0.1, 0.15) is 0 Å². The van der Waals surface area contributed by atoms with Crippen LogP contribution in [0.4, 0.5) is 0 Å². The van der Waals surface area contributed by atoms with E-state index in [4.69, 9.17) is 4.74 Å². The molecule has 0 N–H and O–H groups in total. The van der Waals surface area contributed by atoms with E-state index in [0.717, 1.165) is 12.8 Å². The molecular weight excluding hydrogens is 184 g/mol. The Balaban J connectivity index is 1.68. The molecule has 2 rings (SSSR count). The Bertz CT molecular complexity index is 277. The van der Waals surface area contributed by atoms with E-state index in [1.54, 1.807) is 0 Å². The minimum Gasteiger partial charge on any atom is -0.375 e. The third-order valence-corrected chi connectivity index (χ3v) is 3.16. The van der Waals surface area contributed by atoms with Gasteiger partial charge in [0, 0.05) is 0 Å². The second kappa shape index (κ2) is 5.32. The van der Waals surface area contributed by atoms with E-state index in [-0.39, 0.29) is 0 Å². The Kier molecular flexibility index (Phi) is 3.79. The van der Waals surface area contributed by atoms with Crippen LogP contribution in [0.2, 0.25) is 0 Å². The van der Waals surface area contributed by atoms with Gasteiger partial charge in [-0.3, -0.25) is 0 Å². The molecule has 1 heteroatoms. The molecule has 1 nitrogen and oxygen atoms in total. The quantitative estimate of drug-likeness (QED) is 0.712. The van der Waals surface area contributed by atoms with E-state index in [9.17, 15) is 0 Å². The van der Waals surface area contributed by atoms with Crippen LogP contribution in [-0.2, 0) is 11.2 Å². The highest BCUT2D eigenvalue weighted by Gasteiger charge is 2.20. The molecule has 1 aromatic carbocycles. The Morgan fingerprint density at radius 2 is 2.00 bits per heavy atom. The van der Waals surface area contributed by atoms with Crippen LogP contribution in [0.5, 0.6) is 0 Å². The average Bonchev–Trinajstić information content (AvgIpc) is 2.22. The number of aryl methyl sites for hydroxylation is 1. The van der Waals surface area contributed by atoms with Crippen molar-refractivity contribution in [3.05, 3.63) is 35.9 Å². The lowest BCUT2D eigenvalue weighted by Gasteiger charge is -2.29. The number of ether oxygens (including phenoxy) is 1. The van der Waals surface area contributed by atoms with E-state index < -0.39 is 0 Å². The fourth-order valence-corrected chi connectivity index (χ4v) is 1.92. The van der Waals surface area contributed by atoms with Crippen molar-refractivity contribution in [3.63, 3.8) is 0 Å². The molecule has 0 spiro atoms. The van der Waals surface area contributed by atoms with Crippen molar-refractivity contribution in [3.8, 4) is 0 Å². The van der Waals surface area contributed by atoms with E-state index >= 15 is 0 Å². The molecule has 82 valence electrons. The van der Waals surface area contributed by atoms with Crippen LogP contribution in [0, 0.1) is 0 Å². The van der Waals surface area contributed by atoms with Gasteiger partial charge in [0.25, 0.3) is 0 Å². The van der Waals surface area contributed by atoms with Crippen molar-refractivity contribution in [1.29, 1.82) is 0 Å². The summed E-state index contributed by atoms with van der Waals surface area (Å²) in [5, 5.41) is 0. The number of benzene rings is 1. The molecule has 1 aromatic rings. The summed E-state index contributed by atoms with van der Waals surface area (Å²) in [7, 11) is 0. The molecule has 1 fully saturated rings. The Morgan fingerprint density at radius 3 is 2.60 bits per heavy atom. The minimum atomic E-state index is 0.413. The predicted molar refractivity (Wildman–Crippen MR) is 62.9 cm³/mol. The summed E-state index contributed by atoms with van der Waals surface area (Å²) < 4.78 is 5.91. The Morgan fingerprint density at radius 1 is 1.27 bits per heavy atom. The van der Waals surface area contributed by atoms with Gasteiger partial charge in [-0.25, -0.2) is 0 Å². The van der Waals surface area contributed by atoms with Crippen LogP contribution in [0.1, 0.15) is 38.2 Å². The molecule has 1 aliphatic carbocycles. The smallest absolute Gasteiger partial charge is 0.0578 e. The normalized spacial score (nSPS) is 18.5. The van der Waals surface area contributed by atoms with Crippen LogP contribution in [-0.4, -0.2) is 12.2 Å². The molecule has 1 atom stereocenters. The maximum Gasteiger partial charge on any atom is 0.0578 e. The minimum absolute atomic E-state index is 0.413. The molecular formula is C14H20O. The maximum atomic E-state index is 5.91. The molecule has 0 bridgehead atoms.